The van der Waals surface area contributed by atoms with Crippen LogP contribution in [-0.4, -0.2) is 162 Å². The van der Waals surface area contributed by atoms with Crippen LogP contribution in [0.2, 0.25) is 0 Å². The van der Waals surface area contributed by atoms with Crippen molar-refractivity contribution in [2.45, 2.75) is 92.8 Å². The summed E-state index contributed by atoms with van der Waals surface area (Å²) in [6.07, 6.45) is -20.8. The molecule has 0 aliphatic carbocycles. The summed E-state index contributed by atoms with van der Waals surface area (Å²) in [6.45, 7) is -0.183. The Kier molecular flexibility index (Phi) is 11.7. The Morgan fingerprint density at radius 3 is 2.21 bits per heavy atom. The summed E-state index contributed by atoms with van der Waals surface area (Å²) in [5, 5.41) is 104. The first-order valence-electron chi connectivity index (χ1n) is 12.4. The lowest BCUT2D eigenvalue weighted by atomic mass is 9.97. The van der Waals surface area contributed by atoms with E-state index in [2.05, 4.69) is 10.3 Å². The van der Waals surface area contributed by atoms with Crippen molar-refractivity contribution in [3.8, 4) is 0 Å². The van der Waals surface area contributed by atoms with Crippen molar-refractivity contribution >= 4 is 5.82 Å². The molecule has 0 unspecified atom stereocenters. The second-order valence-corrected chi connectivity index (χ2v) is 9.53. The van der Waals surface area contributed by atoms with Gasteiger partial charge in [0.05, 0.1) is 25.4 Å². The van der Waals surface area contributed by atoms with Crippen molar-refractivity contribution in [2.75, 3.05) is 25.1 Å². The maximum Gasteiger partial charge on any atom is 0.187 e. The highest BCUT2D eigenvalue weighted by atomic mass is 16.7. The number of aliphatic hydroxyl groups is 10. The summed E-state index contributed by atoms with van der Waals surface area (Å²) in [7, 11) is 0. The van der Waals surface area contributed by atoms with Crippen LogP contribution in [0, 0.1) is 0 Å². The van der Waals surface area contributed by atoms with Crippen LogP contribution >= 0.6 is 0 Å². The molecule has 0 aromatic carbocycles. The fourth-order valence-electron chi connectivity index (χ4n) is 4.17. The van der Waals surface area contributed by atoms with E-state index >= 15 is 0 Å². The number of hydrogen-bond donors (Lipinski definition) is 11. The maximum atomic E-state index is 10.7. The first kappa shape index (κ1) is 31.9. The number of anilines is 1. The van der Waals surface area contributed by atoms with E-state index in [9.17, 15) is 51.1 Å². The molecule has 0 bridgehead atoms. The Balaban J connectivity index is 1.55. The van der Waals surface area contributed by atoms with Gasteiger partial charge in [-0.25, -0.2) is 4.98 Å². The number of nitrogens with one attached hydrogen (secondary N) is 1. The lowest BCUT2D eigenvalue weighted by Crippen LogP contribution is -2.64. The number of ether oxygens (including phenoxy) is 4. The molecule has 2 aliphatic heterocycles. The summed E-state index contributed by atoms with van der Waals surface area (Å²) < 4.78 is 21.5. The van der Waals surface area contributed by atoms with Gasteiger partial charge in [-0.3, -0.25) is 0 Å². The molecule has 224 valence electrons. The molecule has 3 heterocycles. The zero-order valence-corrected chi connectivity index (χ0v) is 21.1. The van der Waals surface area contributed by atoms with E-state index in [4.69, 9.17) is 18.9 Å². The Bertz CT molecular complexity index is 855. The van der Waals surface area contributed by atoms with Crippen LogP contribution in [0.5, 0.6) is 0 Å². The topological polar surface area (TPSA) is 264 Å². The zero-order chi connectivity index (χ0) is 28.9. The average Bonchev–Trinajstić information content (AvgIpc) is 2.94. The lowest BCUT2D eigenvalue weighted by Gasteiger charge is -2.45. The monoisotopic (exact) mass is 566 g/mol. The summed E-state index contributed by atoms with van der Waals surface area (Å²) in [5.74, 6) is 0.419. The van der Waals surface area contributed by atoms with E-state index in [1.807, 2.05) is 0 Å². The minimum atomic E-state index is -1.87. The predicted octanol–water partition coefficient (Wildman–Crippen LogP) is -5.39. The molecule has 0 saturated carbocycles. The van der Waals surface area contributed by atoms with Crippen molar-refractivity contribution < 1.29 is 70.0 Å². The van der Waals surface area contributed by atoms with Gasteiger partial charge in [-0.1, -0.05) is 6.07 Å². The van der Waals surface area contributed by atoms with Crippen LogP contribution in [0.1, 0.15) is 6.92 Å². The minimum Gasteiger partial charge on any atom is -0.394 e. The van der Waals surface area contributed by atoms with Crippen LogP contribution < -0.4 is 5.32 Å². The van der Waals surface area contributed by atoms with Gasteiger partial charge >= 0.3 is 0 Å². The third-order valence-electron chi connectivity index (χ3n) is 6.65. The molecule has 16 nitrogen and oxygen atoms in total. The van der Waals surface area contributed by atoms with Gasteiger partial charge in [0.1, 0.15) is 66.9 Å². The first-order chi connectivity index (χ1) is 18.5. The number of aliphatic hydroxyl groups excluding tert-OH is 10. The molecule has 2 fully saturated rings. The molecular weight excluding hydrogens is 528 g/mol. The molecule has 39 heavy (non-hydrogen) atoms. The van der Waals surface area contributed by atoms with Gasteiger partial charge in [0.2, 0.25) is 0 Å². The molecule has 1 aromatic heterocycles. The van der Waals surface area contributed by atoms with Crippen LogP contribution in [0.15, 0.2) is 24.4 Å². The maximum absolute atomic E-state index is 10.7. The molecule has 2 saturated heterocycles. The van der Waals surface area contributed by atoms with Crippen LogP contribution in [0.3, 0.4) is 0 Å². The molecule has 11 N–H and O–H groups in total. The molecule has 14 atom stereocenters. The van der Waals surface area contributed by atoms with E-state index in [0.29, 0.717) is 5.82 Å². The Hall–Kier alpha value is -1.61. The summed E-state index contributed by atoms with van der Waals surface area (Å²) in [5.41, 5.74) is 0. The van der Waals surface area contributed by atoms with Gasteiger partial charge in [0.25, 0.3) is 0 Å². The SMILES string of the molecule is C[C@@H]1O[C@H](OC[C@@H](O)[C@@H](O)[C@H](O)[C@H](O)CNc2ccccn2)[C@@H](O)[C@H](O[C@@H]2O[C@H](CO)[C@H](O)[C@H](O)[C@H]2O)[C@@H]1O. The molecule has 2 aliphatic rings. The Labute approximate surface area is 223 Å². The van der Waals surface area contributed by atoms with Gasteiger partial charge < -0.3 is 75.3 Å². The molecule has 0 radical (unpaired) electrons. The van der Waals surface area contributed by atoms with Gasteiger partial charge in [-0.15, -0.1) is 0 Å². The van der Waals surface area contributed by atoms with E-state index in [1.54, 1.807) is 18.2 Å². The van der Waals surface area contributed by atoms with Crippen molar-refractivity contribution in [1.29, 1.82) is 0 Å². The second kappa shape index (κ2) is 14.3. The predicted molar refractivity (Wildman–Crippen MR) is 128 cm³/mol. The Morgan fingerprint density at radius 2 is 1.56 bits per heavy atom. The minimum absolute atomic E-state index is 0.195. The highest BCUT2D eigenvalue weighted by Crippen LogP contribution is 2.29. The third-order valence-corrected chi connectivity index (χ3v) is 6.65. The molecule has 0 amide bonds. The standard InChI is InChI=1S/C23H38N2O14/c1-9-14(29)21(39-23-19(34)18(33)17(32)12(7-26)38-23)20(35)22(37-9)36-8-11(28)16(31)15(30)10(27)6-25-13-4-2-3-5-24-13/h2-5,9-12,14-23,26-35H,6-8H2,1H3,(H,24,25)/t9-,10+,11+,12+,14+,15+,16+,17-,18-,19+,20-,21+,22-,23-/m0/s1. The number of nitrogens with zero attached hydrogens (tertiary/aromatic N) is 1. The van der Waals surface area contributed by atoms with Gasteiger partial charge in [0.15, 0.2) is 12.6 Å². The van der Waals surface area contributed by atoms with Gasteiger partial charge in [-0.2, -0.15) is 0 Å². The smallest absolute Gasteiger partial charge is 0.187 e. The van der Waals surface area contributed by atoms with Crippen LogP contribution in [0.4, 0.5) is 5.82 Å². The number of aromatic nitrogens is 1. The van der Waals surface area contributed by atoms with Gasteiger partial charge in [0, 0.05) is 12.7 Å². The molecular formula is C23H38N2O14. The lowest BCUT2D eigenvalue weighted by molar-refractivity contribution is -0.358. The highest BCUT2D eigenvalue weighted by Gasteiger charge is 2.50. The summed E-state index contributed by atoms with van der Waals surface area (Å²) in [4.78, 5) is 3.99. The van der Waals surface area contributed by atoms with Crippen molar-refractivity contribution in [2.24, 2.45) is 0 Å². The Morgan fingerprint density at radius 1 is 0.872 bits per heavy atom. The first-order valence-corrected chi connectivity index (χ1v) is 12.4. The number of hydrogen-bond acceptors (Lipinski definition) is 16. The number of rotatable bonds is 12. The second-order valence-electron chi connectivity index (χ2n) is 9.53. The van der Waals surface area contributed by atoms with Crippen molar-refractivity contribution in [3.05, 3.63) is 24.4 Å². The fourth-order valence-corrected chi connectivity index (χ4v) is 4.17. The quantitative estimate of drug-likeness (QED) is 0.113. The summed E-state index contributed by atoms with van der Waals surface area (Å²) >= 11 is 0. The molecule has 16 heteroatoms. The molecule has 3 rings (SSSR count). The average molecular weight is 567 g/mol. The van der Waals surface area contributed by atoms with E-state index in [1.165, 1.54) is 13.1 Å². The highest BCUT2D eigenvalue weighted by molar-refractivity contribution is 5.33. The van der Waals surface area contributed by atoms with E-state index < -0.39 is 99.0 Å². The van der Waals surface area contributed by atoms with Crippen molar-refractivity contribution in [3.63, 3.8) is 0 Å². The fraction of sp³-hybridized carbons (Fsp3) is 0.783. The van der Waals surface area contributed by atoms with Gasteiger partial charge in [-0.05, 0) is 19.1 Å². The summed E-state index contributed by atoms with van der Waals surface area (Å²) in [6, 6.07) is 5.02. The zero-order valence-electron chi connectivity index (χ0n) is 21.1. The largest absolute Gasteiger partial charge is 0.394 e. The van der Waals surface area contributed by atoms with Crippen molar-refractivity contribution in [1.82, 2.24) is 4.98 Å². The van der Waals surface area contributed by atoms with Crippen LogP contribution in [0.25, 0.3) is 0 Å². The molecule has 1 aromatic rings. The number of pyridine rings is 1. The van der Waals surface area contributed by atoms with E-state index in [-0.39, 0.29) is 6.54 Å². The van der Waals surface area contributed by atoms with Crippen LogP contribution in [-0.2, 0) is 18.9 Å². The normalized spacial score (nSPS) is 38.5. The van der Waals surface area contributed by atoms with E-state index in [0.717, 1.165) is 0 Å². The molecule has 0 spiro atoms. The third kappa shape index (κ3) is 7.78.